The molecule has 1 aliphatic heterocycles. The summed E-state index contributed by atoms with van der Waals surface area (Å²) in [6.45, 7) is 3.76. The molecule has 1 aliphatic rings. The highest BCUT2D eigenvalue weighted by Gasteiger charge is 2.46. The second kappa shape index (κ2) is 40.6. The monoisotopic (exact) mass is 919 g/mol. The van der Waals surface area contributed by atoms with E-state index < -0.39 is 71.2 Å². The molecular formula is C50H94O12S. The molecule has 12 nitrogen and oxygen atoms in total. The van der Waals surface area contributed by atoms with Crippen LogP contribution in [0.25, 0.3) is 0 Å². The van der Waals surface area contributed by atoms with Crippen LogP contribution in [0.2, 0.25) is 0 Å². The number of allylic oxidation sites excluding steroid dienone is 2. The lowest BCUT2D eigenvalue weighted by Crippen LogP contribution is -2.60. The summed E-state index contributed by atoms with van der Waals surface area (Å²) >= 11 is 0. The van der Waals surface area contributed by atoms with Gasteiger partial charge in [-0.1, -0.05) is 199 Å². The van der Waals surface area contributed by atoms with Crippen LogP contribution in [-0.4, -0.2) is 96.0 Å². The Balaban J connectivity index is 2.30. The highest BCUT2D eigenvalue weighted by molar-refractivity contribution is 7.85. The Morgan fingerprint density at radius 3 is 1.35 bits per heavy atom. The van der Waals surface area contributed by atoms with Gasteiger partial charge in [0, 0.05) is 12.8 Å². The van der Waals surface area contributed by atoms with Gasteiger partial charge in [0.15, 0.2) is 12.4 Å². The first-order valence-corrected chi connectivity index (χ1v) is 27.4. The third kappa shape index (κ3) is 35.3. The minimum Gasteiger partial charge on any atom is -0.462 e. The van der Waals surface area contributed by atoms with E-state index in [0.717, 1.165) is 57.8 Å². The van der Waals surface area contributed by atoms with Gasteiger partial charge in [0.05, 0.1) is 6.61 Å². The predicted molar refractivity (Wildman–Crippen MR) is 252 cm³/mol. The van der Waals surface area contributed by atoms with Gasteiger partial charge in [0.2, 0.25) is 0 Å². The standard InChI is InChI=1S/C50H94O12S/c1-3-5-7-9-11-13-15-17-18-19-20-21-22-23-24-25-26-27-29-30-32-34-36-38-45(51)59-40-43(41-60-50-49(55)48(54)47(53)44(62-50)42-63(56,57)58)61-46(52)39-37-35-33-31-28-16-14-12-10-8-6-4-2/h12,14,43-44,47-50,53-55H,3-11,13,15-42H2,1-2H3,(H,56,57,58)/b14-12+/t43-,44-,47-,48?,49?,50+/m1/s1. The van der Waals surface area contributed by atoms with Gasteiger partial charge in [0.1, 0.15) is 36.8 Å². The number of unbranched alkanes of at least 4 members (excludes halogenated alkanes) is 30. The highest BCUT2D eigenvalue weighted by atomic mass is 32.2. The second-order valence-corrected chi connectivity index (χ2v) is 19.7. The van der Waals surface area contributed by atoms with Crippen LogP contribution in [-0.2, 0) is 38.7 Å². The Bertz CT molecular complexity index is 1210. The number of hydrogen-bond donors (Lipinski definition) is 4. The van der Waals surface area contributed by atoms with E-state index in [-0.39, 0.29) is 19.4 Å². The second-order valence-electron chi connectivity index (χ2n) is 18.2. The molecule has 0 aromatic rings. The lowest BCUT2D eigenvalue weighted by atomic mass is 10.00. The number of esters is 2. The van der Waals surface area contributed by atoms with E-state index in [1.54, 1.807) is 0 Å². The van der Waals surface area contributed by atoms with Crippen molar-refractivity contribution in [3.05, 3.63) is 12.2 Å². The van der Waals surface area contributed by atoms with Crippen LogP contribution < -0.4 is 0 Å². The molecule has 0 aromatic carbocycles. The van der Waals surface area contributed by atoms with Crippen molar-refractivity contribution in [2.24, 2.45) is 0 Å². The molecule has 1 heterocycles. The number of rotatable bonds is 44. The van der Waals surface area contributed by atoms with E-state index >= 15 is 0 Å². The molecule has 372 valence electrons. The first-order valence-electron chi connectivity index (χ1n) is 25.7. The van der Waals surface area contributed by atoms with Gasteiger partial charge in [-0.3, -0.25) is 14.1 Å². The zero-order valence-corrected chi connectivity index (χ0v) is 40.8. The molecule has 6 atom stereocenters. The molecule has 0 aliphatic carbocycles. The van der Waals surface area contributed by atoms with Crippen LogP contribution in [0, 0.1) is 0 Å². The first-order chi connectivity index (χ1) is 30.5. The van der Waals surface area contributed by atoms with Crippen LogP contribution in [0.5, 0.6) is 0 Å². The SMILES string of the molecule is CCCCC/C=C/CCCCCCCC(=O)O[C@H](COC(=O)CCCCCCCCCCCCCCCCCCCCCCCCC)CO[C@H]1O[C@H](CS(=O)(=O)O)[C@@H](O)C(O)C1O. The summed E-state index contributed by atoms with van der Waals surface area (Å²) in [6.07, 6.45) is 35.5. The molecule has 1 fully saturated rings. The Morgan fingerprint density at radius 2 is 0.905 bits per heavy atom. The molecule has 1 saturated heterocycles. The van der Waals surface area contributed by atoms with Crippen LogP contribution in [0.15, 0.2) is 12.2 Å². The van der Waals surface area contributed by atoms with Crippen molar-refractivity contribution in [2.75, 3.05) is 19.0 Å². The summed E-state index contributed by atoms with van der Waals surface area (Å²) in [5.74, 6) is -1.98. The summed E-state index contributed by atoms with van der Waals surface area (Å²) < 4.78 is 54.1. The summed E-state index contributed by atoms with van der Waals surface area (Å²) in [7, 11) is -4.60. The molecule has 1 rings (SSSR count). The Hall–Kier alpha value is -1.61. The molecule has 0 aromatic heterocycles. The minimum absolute atomic E-state index is 0.158. The average Bonchev–Trinajstić information content (AvgIpc) is 3.25. The van der Waals surface area contributed by atoms with Crippen molar-refractivity contribution >= 4 is 22.1 Å². The van der Waals surface area contributed by atoms with Gasteiger partial charge in [-0.2, -0.15) is 8.42 Å². The molecular weight excluding hydrogens is 825 g/mol. The minimum atomic E-state index is -4.60. The molecule has 0 radical (unpaired) electrons. The van der Waals surface area contributed by atoms with E-state index in [4.69, 9.17) is 18.9 Å². The maximum Gasteiger partial charge on any atom is 0.306 e. The number of aliphatic hydroxyl groups excluding tert-OH is 3. The number of hydrogen-bond acceptors (Lipinski definition) is 11. The lowest BCUT2D eigenvalue weighted by Gasteiger charge is -2.40. The largest absolute Gasteiger partial charge is 0.462 e. The summed E-state index contributed by atoms with van der Waals surface area (Å²) in [6, 6.07) is 0. The van der Waals surface area contributed by atoms with E-state index in [2.05, 4.69) is 26.0 Å². The van der Waals surface area contributed by atoms with Gasteiger partial charge < -0.3 is 34.3 Å². The zero-order valence-electron chi connectivity index (χ0n) is 40.0. The van der Waals surface area contributed by atoms with E-state index in [1.165, 1.54) is 141 Å². The third-order valence-electron chi connectivity index (χ3n) is 12.1. The quantitative estimate of drug-likeness (QED) is 0.0196. The van der Waals surface area contributed by atoms with Crippen molar-refractivity contribution in [1.82, 2.24) is 0 Å². The van der Waals surface area contributed by atoms with Crippen molar-refractivity contribution in [1.29, 1.82) is 0 Å². The van der Waals surface area contributed by atoms with Gasteiger partial charge in [0.25, 0.3) is 10.1 Å². The van der Waals surface area contributed by atoms with Crippen LogP contribution in [0.4, 0.5) is 0 Å². The molecule has 13 heteroatoms. The van der Waals surface area contributed by atoms with E-state index in [0.29, 0.717) is 12.8 Å². The van der Waals surface area contributed by atoms with Gasteiger partial charge >= 0.3 is 11.9 Å². The van der Waals surface area contributed by atoms with E-state index in [9.17, 15) is 37.9 Å². The average molecular weight is 919 g/mol. The van der Waals surface area contributed by atoms with Crippen LogP contribution >= 0.6 is 0 Å². The Kier molecular flexibility index (Phi) is 38.3. The van der Waals surface area contributed by atoms with Crippen molar-refractivity contribution in [2.45, 2.75) is 275 Å². The molecule has 0 bridgehead atoms. The summed E-state index contributed by atoms with van der Waals surface area (Å²) in [4.78, 5) is 25.5. The Morgan fingerprint density at radius 1 is 0.524 bits per heavy atom. The number of carbonyl (C=O) groups is 2. The van der Waals surface area contributed by atoms with Gasteiger partial charge in [-0.15, -0.1) is 0 Å². The Labute approximate surface area is 384 Å². The van der Waals surface area contributed by atoms with Crippen molar-refractivity contribution in [3.8, 4) is 0 Å². The van der Waals surface area contributed by atoms with Gasteiger partial charge in [-0.05, 0) is 38.5 Å². The fraction of sp³-hybridized carbons (Fsp3) is 0.920. The molecule has 0 spiro atoms. The van der Waals surface area contributed by atoms with Crippen LogP contribution in [0.1, 0.15) is 239 Å². The molecule has 63 heavy (non-hydrogen) atoms. The smallest absolute Gasteiger partial charge is 0.306 e. The summed E-state index contributed by atoms with van der Waals surface area (Å²) in [5, 5.41) is 30.9. The molecule has 0 amide bonds. The normalized spacial score (nSPS) is 19.7. The first kappa shape index (κ1) is 59.4. The fourth-order valence-electron chi connectivity index (χ4n) is 8.09. The number of ether oxygens (including phenoxy) is 4. The van der Waals surface area contributed by atoms with Crippen LogP contribution in [0.3, 0.4) is 0 Å². The highest BCUT2D eigenvalue weighted by Crippen LogP contribution is 2.24. The maximum atomic E-state index is 12.8. The molecule has 4 N–H and O–H groups in total. The fourth-order valence-corrected chi connectivity index (χ4v) is 8.78. The van der Waals surface area contributed by atoms with E-state index in [1.807, 2.05) is 0 Å². The number of carbonyl (C=O) groups excluding carboxylic acids is 2. The van der Waals surface area contributed by atoms with Crippen molar-refractivity contribution in [3.63, 3.8) is 0 Å². The molecule has 0 saturated carbocycles. The summed E-state index contributed by atoms with van der Waals surface area (Å²) in [5.41, 5.74) is 0. The zero-order chi connectivity index (χ0) is 46.2. The molecule has 2 unspecified atom stereocenters. The maximum absolute atomic E-state index is 12.8. The number of aliphatic hydroxyl groups is 3. The lowest BCUT2D eigenvalue weighted by molar-refractivity contribution is -0.297. The topological polar surface area (TPSA) is 186 Å². The third-order valence-corrected chi connectivity index (χ3v) is 12.8. The van der Waals surface area contributed by atoms with Gasteiger partial charge in [-0.25, -0.2) is 0 Å². The van der Waals surface area contributed by atoms with Crippen molar-refractivity contribution < 1.29 is 56.8 Å². The predicted octanol–water partition coefficient (Wildman–Crippen LogP) is 11.4.